The van der Waals surface area contributed by atoms with Crippen molar-refractivity contribution in [2.75, 3.05) is 0 Å². The third kappa shape index (κ3) is 2.65. The maximum absolute atomic E-state index is 2.34. The summed E-state index contributed by atoms with van der Waals surface area (Å²) in [4.78, 5) is 0. The maximum Gasteiger partial charge on any atom is 0.0536 e. The van der Waals surface area contributed by atoms with Crippen LogP contribution in [0.25, 0.3) is 22.7 Å². The van der Waals surface area contributed by atoms with Crippen molar-refractivity contribution in [1.82, 2.24) is 4.57 Å². The number of benzene rings is 3. The molecule has 116 valence electrons. The van der Waals surface area contributed by atoms with Gasteiger partial charge in [-0.3, -0.25) is 0 Å². The largest absolute Gasteiger partial charge is 0.313 e. The van der Waals surface area contributed by atoms with Crippen molar-refractivity contribution in [3.05, 3.63) is 108 Å². The van der Waals surface area contributed by atoms with Crippen molar-refractivity contribution in [3.8, 4) is 0 Å². The maximum atomic E-state index is 2.34. The molecule has 4 aromatic rings. The van der Waals surface area contributed by atoms with Crippen LogP contribution in [0.4, 0.5) is 0 Å². The third-order valence-corrected chi connectivity index (χ3v) is 4.31. The highest BCUT2D eigenvalue weighted by Crippen LogP contribution is 2.28. The minimum Gasteiger partial charge on any atom is -0.313 e. The fourth-order valence-corrected chi connectivity index (χ4v) is 3.21. The zero-order chi connectivity index (χ0) is 16.4. The van der Waals surface area contributed by atoms with E-state index in [1.54, 1.807) is 0 Å². The lowest BCUT2D eigenvalue weighted by Crippen LogP contribution is -2.01. The lowest BCUT2D eigenvalue weighted by molar-refractivity contribution is 1.09. The van der Waals surface area contributed by atoms with Gasteiger partial charge in [0.05, 0.1) is 11.2 Å². The van der Waals surface area contributed by atoms with Crippen molar-refractivity contribution in [2.45, 2.75) is 6.92 Å². The molecule has 0 unspecified atom stereocenters. The van der Waals surface area contributed by atoms with Crippen molar-refractivity contribution in [1.29, 1.82) is 0 Å². The van der Waals surface area contributed by atoms with Gasteiger partial charge in [-0.05, 0) is 36.3 Å². The average Bonchev–Trinajstić information content (AvgIpc) is 2.97. The molecule has 0 spiro atoms. The molecule has 1 aromatic heterocycles. The summed E-state index contributed by atoms with van der Waals surface area (Å²) in [6.45, 7) is 2.17. The van der Waals surface area contributed by atoms with Gasteiger partial charge in [0.1, 0.15) is 0 Å². The van der Waals surface area contributed by atoms with E-state index in [1.165, 1.54) is 33.4 Å². The second kappa shape index (κ2) is 6.21. The van der Waals surface area contributed by atoms with Crippen LogP contribution in [0.15, 0.2) is 91.0 Å². The number of rotatable bonds is 3. The van der Waals surface area contributed by atoms with Crippen molar-refractivity contribution >= 4 is 22.7 Å². The Hall–Kier alpha value is -3.06. The summed E-state index contributed by atoms with van der Waals surface area (Å²) in [7, 11) is 0. The first kappa shape index (κ1) is 14.5. The Morgan fingerprint density at radius 2 is 1.38 bits per heavy atom. The second-order valence-corrected chi connectivity index (χ2v) is 5.99. The molecule has 1 heterocycles. The molecule has 0 aliphatic rings. The van der Waals surface area contributed by atoms with E-state index in [4.69, 9.17) is 0 Å². The summed E-state index contributed by atoms with van der Waals surface area (Å²) in [5.41, 5.74) is 6.09. The summed E-state index contributed by atoms with van der Waals surface area (Å²) in [6.07, 6.45) is 2.26. The molecule has 0 aliphatic carbocycles. The standard InChI is InChI=1S/C23H19N/c1-18-16-21-14-8-9-15-22(21)24(18)23(20-12-6-3-7-13-20)17-19-10-4-2-5-11-19/h2-17H,1H3/b23-17-. The van der Waals surface area contributed by atoms with Gasteiger partial charge in [-0.15, -0.1) is 0 Å². The van der Waals surface area contributed by atoms with Crippen LogP contribution in [0.2, 0.25) is 0 Å². The van der Waals surface area contributed by atoms with Crippen molar-refractivity contribution in [2.24, 2.45) is 0 Å². The normalized spacial score (nSPS) is 11.8. The molecular formula is C23H19N. The molecular weight excluding hydrogens is 290 g/mol. The summed E-state index contributed by atoms with van der Waals surface area (Å²) < 4.78 is 2.34. The van der Waals surface area contributed by atoms with Gasteiger partial charge in [0.2, 0.25) is 0 Å². The Labute approximate surface area is 142 Å². The zero-order valence-electron chi connectivity index (χ0n) is 13.7. The van der Waals surface area contributed by atoms with Crippen LogP contribution in [0.5, 0.6) is 0 Å². The highest BCUT2D eigenvalue weighted by Gasteiger charge is 2.11. The molecule has 4 rings (SSSR count). The lowest BCUT2D eigenvalue weighted by atomic mass is 10.1. The van der Waals surface area contributed by atoms with Crippen LogP contribution in [0, 0.1) is 6.92 Å². The third-order valence-electron chi connectivity index (χ3n) is 4.31. The Balaban J connectivity index is 1.99. The number of hydrogen-bond acceptors (Lipinski definition) is 0. The number of nitrogens with zero attached hydrogens (tertiary/aromatic N) is 1. The summed E-state index contributed by atoms with van der Waals surface area (Å²) >= 11 is 0. The predicted octanol–water partition coefficient (Wildman–Crippen LogP) is 6.00. The molecule has 1 nitrogen and oxygen atoms in total. The number of fused-ring (bicyclic) bond motifs is 1. The lowest BCUT2D eigenvalue weighted by Gasteiger charge is -2.14. The molecule has 0 amide bonds. The second-order valence-electron chi connectivity index (χ2n) is 5.99. The molecule has 0 saturated carbocycles. The van der Waals surface area contributed by atoms with Gasteiger partial charge in [-0.25, -0.2) is 0 Å². The van der Waals surface area contributed by atoms with Crippen LogP contribution in [0.1, 0.15) is 16.8 Å². The van der Waals surface area contributed by atoms with Gasteiger partial charge in [-0.1, -0.05) is 78.9 Å². The fourth-order valence-electron chi connectivity index (χ4n) is 3.21. The van der Waals surface area contributed by atoms with E-state index in [0.29, 0.717) is 0 Å². The van der Waals surface area contributed by atoms with Crippen LogP contribution < -0.4 is 0 Å². The first-order valence-electron chi connectivity index (χ1n) is 8.22. The van der Waals surface area contributed by atoms with E-state index < -0.39 is 0 Å². The van der Waals surface area contributed by atoms with E-state index >= 15 is 0 Å². The number of hydrogen-bond donors (Lipinski definition) is 0. The smallest absolute Gasteiger partial charge is 0.0536 e. The van der Waals surface area contributed by atoms with Gasteiger partial charge in [-0.2, -0.15) is 0 Å². The van der Waals surface area contributed by atoms with Gasteiger partial charge in [0, 0.05) is 11.1 Å². The molecule has 0 bridgehead atoms. The number of aromatic nitrogens is 1. The van der Waals surface area contributed by atoms with Crippen molar-refractivity contribution < 1.29 is 0 Å². The molecule has 1 heteroatoms. The van der Waals surface area contributed by atoms with Gasteiger partial charge < -0.3 is 4.57 Å². The number of para-hydroxylation sites is 1. The topological polar surface area (TPSA) is 4.93 Å². The summed E-state index contributed by atoms with van der Waals surface area (Å²) in [6, 6.07) is 31.9. The van der Waals surface area contributed by atoms with E-state index in [2.05, 4.69) is 109 Å². The SMILES string of the molecule is Cc1cc2ccccc2n1/C(=C\c1ccccc1)c1ccccc1. The molecule has 0 radical (unpaired) electrons. The van der Waals surface area contributed by atoms with Crippen LogP contribution >= 0.6 is 0 Å². The van der Waals surface area contributed by atoms with Gasteiger partial charge in [0.25, 0.3) is 0 Å². The molecule has 0 aliphatic heterocycles. The first-order chi connectivity index (χ1) is 11.8. The van der Waals surface area contributed by atoms with Crippen LogP contribution in [-0.4, -0.2) is 4.57 Å². The quantitative estimate of drug-likeness (QED) is 0.409. The Morgan fingerprint density at radius 1 is 0.750 bits per heavy atom. The highest BCUT2D eigenvalue weighted by molar-refractivity contribution is 5.91. The van der Waals surface area contributed by atoms with Gasteiger partial charge >= 0.3 is 0 Å². The summed E-state index contributed by atoms with van der Waals surface area (Å²) in [5.74, 6) is 0. The van der Waals surface area contributed by atoms with Crippen molar-refractivity contribution in [3.63, 3.8) is 0 Å². The van der Waals surface area contributed by atoms with E-state index in [-0.39, 0.29) is 0 Å². The molecule has 3 aromatic carbocycles. The molecule has 0 saturated heterocycles. The minimum absolute atomic E-state index is 1.19. The van der Waals surface area contributed by atoms with E-state index in [0.717, 1.165) is 0 Å². The molecule has 0 fully saturated rings. The minimum atomic E-state index is 1.19. The highest BCUT2D eigenvalue weighted by atomic mass is 15.0. The molecule has 0 atom stereocenters. The Morgan fingerprint density at radius 3 is 2.12 bits per heavy atom. The first-order valence-corrected chi connectivity index (χ1v) is 8.22. The molecule has 0 N–H and O–H groups in total. The molecule has 24 heavy (non-hydrogen) atoms. The average molecular weight is 309 g/mol. The fraction of sp³-hybridized carbons (Fsp3) is 0.0435. The zero-order valence-corrected chi connectivity index (χ0v) is 13.7. The van der Waals surface area contributed by atoms with E-state index in [1.807, 2.05) is 0 Å². The Kier molecular flexibility index (Phi) is 3.76. The predicted molar refractivity (Wildman–Crippen MR) is 103 cm³/mol. The number of aryl methyl sites for hydroxylation is 1. The van der Waals surface area contributed by atoms with Gasteiger partial charge in [0.15, 0.2) is 0 Å². The Bertz CT molecular complexity index is 992. The van der Waals surface area contributed by atoms with Crippen LogP contribution in [-0.2, 0) is 0 Å². The summed E-state index contributed by atoms with van der Waals surface area (Å²) in [5, 5.41) is 1.27. The monoisotopic (exact) mass is 309 g/mol. The van der Waals surface area contributed by atoms with Crippen LogP contribution in [0.3, 0.4) is 0 Å². The van der Waals surface area contributed by atoms with E-state index in [9.17, 15) is 0 Å².